The number of carbonyl (C=O) groups is 1. The van der Waals surface area contributed by atoms with Crippen molar-refractivity contribution in [3.8, 4) is 0 Å². The molecule has 1 amide bonds. The van der Waals surface area contributed by atoms with Crippen LogP contribution >= 0.6 is 0 Å². The Morgan fingerprint density at radius 2 is 2.00 bits per heavy atom. The number of carbonyl (C=O) groups excluding carboxylic acids is 1. The van der Waals surface area contributed by atoms with Crippen LogP contribution in [0, 0.1) is 5.82 Å². The maximum atomic E-state index is 13.8. The van der Waals surface area contributed by atoms with Crippen molar-refractivity contribution in [1.29, 1.82) is 0 Å². The van der Waals surface area contributed by atoms with Gasteiger partial charge in [0.2, 0.25) is 5.56 Å². The topological polar surface area (TPSA) is 53.2 Å². The normalized spacial score (nSPS) is 14.0. The molecule has 0 saturated heterocycles. The number of amides is 1. The lowest BCUT2D eigenvalue weighted by atomic mass is 10.1. The second-order valence-corrected chi connectivity index (χ2v) is 5.20. The van der Waals surface area contributed by atoms with Gasteiger partial charge in [-0.2, -0.15) is 0 Å². The summed E-state index contributed by atoms with van der Waals surface area (Å²) in [6.07, 6.45) is 3.27. The fourth-order valence-electron chi connectivity index (χ4n) is 2.27. The summed E-state index contributed by atoms with van der Waals surface area (Å²) in [6.45, 7) is 0.245. The third kappa shape index (κ3) is 3.02. The average molecular weight is 286 g/mol. The molecular weight excluding hydrogens is 271 g/mol. The fraction of sp³-hybridized carbons (Fsp3) is 0.250. The van der Waals surface area contributed by atoms with E-state index in [9.17, 15) is 14.0 Å². The van der Waals surface area contributed by atoms with Crippen molar-refractivity contribution < 1.29 is 9.18 Å². The summed E-state index contributed by atoms with van der Waals surface area (Å²) in [7, 11) is 0. The molecule has 1 heterocycles. The molecule has 21 heavy (non-hydrogen) atoms. The zero-order valence-corrected chi connectivity index (χ0v) is 11.4. The van der Waals surface area contributed by atoms with Gasteiger partial charge in [-0.05, 0) is 25.0 Å². The Kier molecular flexibility index (Phi) is 3.56. The van der Waals surface area contributed by atoms with Gasteiger partial charge in [0.25, 0.3) is 5.91 Å². The van der Waals surface area contributed by atoms with Gasteiger partial charge in [-0.15, -0.1) is 0 Å². The van der Waals surface area contributed by atoms with E-state index in [1.165, 1.54) is 24.4 Å². The van der Waals surface area contributed by atoms with Crippen LogP contribution in [-0.2, 0) is 6.54 Å². The summed E-state index contributed by atoms with van der Waals surface area (Å²) in [5, 5.41) is 0. The fourth-order valence-corrected chi connectivity index (χ4v) is 2.27. The van der Waals surface area contributed by atoms with Gasteiger partial charge >= 0.3 is 0 Å². The van der Waals surface area contributed by atoms with Crippen molar-refractivity contribution in [1.82, 2.24) is 9.88 Å². The van der Waals surface area contributed by atoms with Crippen molar-refractivity contribution in [3.63, 3.8) is 0 Å². The van der Waals surface area contributed by atoms with Gasteiger partial charge in [0.1, 0.15) is 5.82 Å². The highest BCUT2D eigenvalue weighted by molar-refractivity contribution is 5.94. The molecular formula is C16H15FN2O2. The second-order valence-electron chi connectivity index (χ2n) is 5.20. The molecule has 1 aromatic carbocycles. The van der Waals surface area contributed by atoms with E-state index in [2.05, 4.69) is 4.98 Å². The van der Waals surface area contributed by atoms with Crippen LogP contribution in [0.4, 0.5) is 4.39 Å². The standard InChI is InChI=1S/C16H15FN2O2/c17-14-4-2-1-3-12(14)10-19(13-6-7-13)16(21)11-5-8-15(20)18-9-11/h1-5,8-9,13H,6-7,10H2,(H,18,20). The van der Waals surface area contributed by atoms with Crippen LogP contribution in [-0.4, -0.2) is 21.8 Å². The maximum Gasteiger partial charge on any atom is 0.255 e. The molecule has 1 fully saturated rings. The van der Waals surface area contributed by atoms with E-state index in [0.717, 1.165) is 12.8 Å². The third-order valence-corrected chi connectivity index (χ3v) is 3.58. The first-order chi connectivity index (χ1) is 10.1. The predicted octanol–water partition coefficient (Wildman–Crippen LogP) is 2.32. The molecule has 3 rings (SSSR count). The van der Waals surface area contributed by atoms with Crippen LogP contribution in [0.2, 0.25) is 0 Å². The van der Waals surface area contributed by atoms with Gasteiger partial charge in [0.05, 0.1) is 5.56 Å². The lowest BCUT2D eigenvalue weighted by Crippen LogP contribution is -2.33. The van der Waals surface area contributed by atoms with Crippen LogP contribution in [0.3, 0.4) is 0 Å². The molecule has 0 spiro atoms. The minimum Gasteiger partial charge on any atom is -0.331 e. The Hall–Kier alpha value is -2.43. The van der Waals surface area contributed by atoms with Gasteiger partial charge in [-0.3, -0.25) is 9.59 Å². The number of nitrogens with zero attached hydrogens (tertiary/aromatic N) is 1. The van der Waals surface area contributed by atoms with E-state index in [-0.39, 0.29) is 29.9 Å². The van der Waals surface area contributed by atoms with Crippen molar-refractivity contribution >= 4 is 5.91 Å². The van der Waals surface area contributed by atoms with Crippen molar-refractivity contribution in [2.24, 2.45) is 0 Å². The highest BCUT2D eigenvalue weighted by Gasteiger charge is 2.33. The van der Waals surface area contributed by atoms with Crippen molar-refractivity contribution in [2.45, 2.75) is 25.4 Å². The first kappa shape index (κ1) is 13.5. The van der Waals surface area contributed by atoms with E-state index in [0.29, 0.717) is 11.1 Å². The number of rotatable bonds is 4. The van der Waals surface area contributed by atoms with Gasteiger partial charge in [-0.1, -0.05) is 18.2 Å². The number of pyridine rings is 1. The largest absolute Gasteiger partial charge is 0.331 e. The molecule has 1 saturated carbocycles. The first-order valence-electron chi connectivity index (χ1n) is 6.88. The molecule has 0 aliphatic heterocycles. The van der Waals surface area contributed by atoms with E-state index in [1.54, 1.807) is 23.1 Å². The Balaban J connectivity index is 1.85. The molecule has 4 nitrogen and oxygen atoms in total. The van der Waals surface area contributed by atoms with Crippen LogP contribution in [0.25, 0.3) is 0 Å². The summed E-state index contributed by atoms with van der Waals surface area (Å²) < 4.78 is 13.8. The number of aromatic nitrogens is 1. The van der Waals surface area contributed by atoms with Gasteiger partial charge < -0.3 is 9.88 Å². The molecule has 0 atom stereocenters. The molecule has 1 aliphatic carbocycles. The lowest BCUT2D eigenvalue weighted by Gasteiger charge is -2.22. The minimum atomic E-state index is -0.308. The lowest BCUT2D eigenvalue weighted by molar-refractivity contribution is 0.0728. The van der Waals surface area contributed by atoms with E-state index < -0.39 is 0 Å². The Morgan fingerprint density at radius 1 is 1.24 bits per heavy atom. The third-order valence-electron chi connectivity index (χ3n) is 3.58. The highest BCUT2D eigenvalue weighted by atomic mass is 19.1. The number of halogens is 1. The summed E-state index contributed by atoms with van der Waals surface area (Å²) in [5.74, 6) is -0.491. The minimum absolute atomic E-state index is 0.157. The Labute approximate surface area is 121 Å². The molecule has 0 radical (unpaired) electrons. The quantitative estimate of drug-likeness (QED) is 0.937. The molecule has 0 bridgehead atoms. The van der Waals surface area contributed by atoms with Crippen molar-refractivity contribution in [2.75, 3.05) is 0 Å². The predicted molar refractivity (Wildman–Crippen MR) is 76.4 cm³/mol. The van der Waals surface area contributed by atoms with Crippen molar-refractivity contribution in [3.05, 3.63) is 69.9 Å². The summed E-state index contributed by atoms with van der Waals surface area (Å²) in [4.78, 5) is 27.8. The van der Waals surface area contributed by atoms with Gasteiger partial charge in [0.15, 0.2) is 0 Å². The molecule has 0 unspecified atom stereocenters. The number of benzene rings is 1. The molecule has 108 valence electrons. The monoisotopic (exact) mass is 286 g/mol. The van der Waals surface area contributed by atoms with Crippen LogP contribution in [0.1, 0.15) is 28.8 Å². The van der Waals surface area contributed by atoms with E-state index in [1.807, 2.05) is 0 Å². The van der Waals surface area contributed by atoms with E-state index >= 15 is 0 Å². The number of H-pyrrole nitrogens is 1. The number of hydrogen-bond donors (Lipinski definition) is 1. The average Bonchev–Trinajstić information content (AvgIpc) is 3.31. The molecule has 1 N–H and O–H groups in total. The zero-order chi connectivity index (χ0) is 14.8. The second kappa shape index (κ2) is 5.52. The maximum absolute atomic E-state index is 13.8. The molecule has 2 aromatic rings. The van der Waals surface area contributed by atoms with Crippen LogP contribution < -0.4 is 5.56 Å². The van der Waals surface area contributed by atoms with Gasteiger partial charge in [-0.25, -0.2) is 4.39 Å². The highest BCUT2D eigenvalue weighted by Crippen LogP contribution is 2.30. The summed E-state index contributed by atoms with van der Waals surface area (Å²) >= 11 is 0. The summed E-state index contributed by atoms with van der Waals surface area (Å²) in [5.41, 5.74) is 0.665. The number of nitrogens with one attached hydrogen (secondary N) is 1. The van der Waals surface area contributed by atoms with Gasteiger partial charge in [0, 0.05) is 30.4 Å². The first-order valence-corrected chi connectivity index (χ1v) is 6.88. The number of hydrogen-bond acceptors (Lipinski definition) is 2. The Bertz CT molecular complexity index is 702. The number of aromatic amines is 1. The molecule has 1 aliphatic rings. The molecule has 1 aromatic heterocycles. The SMILES string of the molecule is O=C(c1ccc(=O)[nH]c1)N(Cc1ccccc1F)C1CC1. The smallest absolute Gasteiger partial charge is 0.255 e. The van der Waals surface area contributed by atoms with Crippen LogP contribution in [0.15, 0.2) is 47.4 Å². The summed E-state index contributed by atoms with van der Waals surface area (Å²) in [6, 6.07) is 9.44. The molecule has 5 heteroatoms. The zero-order valence-electron chi connectivity index (χ0n) is 11.4. The Morgan fingerprint density at radius 3 is 2.62 bits per heavy atom. The van der Waals surface area contributed by atoms with Crippen LogP contribution in [0.5, 0.6) is 0 Å². The van der Waals surface area contributed by atoms with E-state index in [4.69, 9.17) is 0 Å².